The average molecular weight is 231 g/mol. The molecule has 0 saturated heterocycles. The molecule has 0 aliphatic heterocycles. The van der Waals surface area contributed by atoms with Crippen LogP contribution >= 0.6 is 0 Å². The van der Waals surface area contributed by atoms with Gasteiger partial charge in [0.2, 0.25) is 0 Å². The van der Waals surface area contributed by atoms with E-state index in [0.717, 1.165) is 13.1 Å². The summed E-state index contributed by atoms with van der Waals surface area (Å²) < 4.78 is 0. The summed E-state index contributed by atoms with van der Waals surface area (Å²) in [5.41, 5.74) is 2.55. The third kappa shape index (κ3) is 3.08. The van der Waals surface area contributed by atoms with E-state index in [2.05, 4.69) is 66.7 Å². The van der Waals surface area contributed by atoms with E-state index in [1.165, 1.54) is 16.5 Å². The topological polar surface area (TPSA) is 31.1 Å². The highest BCUT2D eigenvalue weighted by atomic mass is 15.1. The first-order valence-electron chi connectivity index (χ1n) is 6.10. The smallest absolute Gasteiger partial charge is 0.0457 e. The molecule has 2 aromatic rings. The molecule has 0 fully saturated rings. The van der Waals surface area contributed by atoms with Crippen LogP contribution in [-0.4, -0.2) is 36.6 Å². The van der Waals surface area contributed by atoms with E-state index >= 15 is 0 Å². The van der Waals surface area contributed by atoms with Crippen LogP contribution in [0.1, 0.15) is 12.5 Å². The van der Waals surface area contributed by atoms with Gasteiger partial charge in [-0.15, -0.1) is 0 Å². The molecule has 0 saturated carbocycles. The zero-order valence-corrected chi connectivity index (χ0v) is 10.8. The van der Waals surface area contributed by atoms with Gasteiger partial charge in [0.25, 0.3) is 0 Å². The molecular weight excluding hydrogens is 210 g/mol. The number of nitrogens with zero attached hydrogens (tertiary/aromatic N) is 1. The van der Waals surface area contributed by atoms with Crippen LogP contribution in [0.5, 0.6) is 0 Å². The Balaban J connectivity index is 1.99. The molecule has 0 radical (unpaired) electrons. The van der Waals surface area contributed by atoms with Crippen LogP contribution in [0.25, 0.3) is 10.9 Å². The van der Waals surface area contributed by atoms with E-state index in [0.29, 0.717) is 6.04 Å². The van der Waals surface area contributed by atoms with Gasteiger partial charge in [-0.3, -0.25) is 0 Å². The van der Waals surface area contributed by atoms with Gasteiger partial charge in [0, 0.05) is 36.2 Å². The molecule has 1 heterocycles. The van der Waals surface area contributed by atoms with Gasteiger partial charge in [0.1, 0.15) is 0 Å². The summed E-state index contributed by atoms with van der Waals surface area (Å²) in [6.45, 7) is 4.19. The highest BCUT2D eigenvalue weighted by molar-refractivity contribution is 5.82. The molecule has 0 amide bonds. The lowest BCUT2D eigenvalue weighted by Crippen LogP contribution is -2.35. The highest BCUT2D eigenvalue weighted by Crippen LogP contribution is 2.17. The molecule has 1 unspecified atom stereocenters. The number of hydrogen-bond acceptors (Lipinski definition) is 2. The number of fused-ring (bicyclic) bond motifs is 1. The fourth-order valence-electron chi connectivity index (χ4n) is 2.17. The van der Waals surface area contributed by atoms with Gasteiger partial charge >= 0.3 is 0 Å². The summed E-state index contributed by atoms with van der Waals surface area (Å²) in [4.78, 5) is 5.50. The Morgan fingerprint density at radius 3 is 2.82 bits per heavy atom. The van der Waals surface area contributed by atoms with Gasteiger partial charge in [-0.25, -0.2) is 0 Å². The third-order valence-corrected chi connectivity index (χ3v) is 2.95. The van der Waals surface area contributed by atoms with Crippen LogP contribution < -0.4 is 5.32 Å². The van der Waals surface area contributed by atoms with E-state index in [-0.39, 0.29) is 0 Å². The van der Waals surface area contributed by atoms with Crippen LogP contribution in [0, 0.1) is 0 Å². The lowest BCUT2D eigenvalue weighted by atomic mass is 10.1. The summed E-state index contributed by atoms with van der Waals surface area (Å²) in [5, 5.41) is 4.86. The SMILES string of the molecule is CC(CN(C)C)NCc1c[nH]c2ccccc12. The molecule has 1 aromatic heterocycles. The Hall–Kier alpha value is -1.32. The van der Waals surface area contributed by atoms with Crippen LogP contribution in [-0.2, 0) is 6.54 Å². The number of para-hydroxylation sites is 1. The fraction of sp³-hybridized carbons (Fsp3) is 0.429. The second kappa shape index (κ2) is 5.34. The lowest BCUT2D eigenvalue weighted by Gasteiger charge is -2.18. The number of likely N-dealkylation sites (N-methyl/N-ethyl adjacent to an activating group) is 1. The zero-order chi connectivity index (χ0) is 12.3. The summed E-state index contributed by atoms with van der Waals surface area (Å²) in [7, 11) is 4.20. The number of rotatable bonds is 5. The van der Waals surface area contributed by atoms with Crippen molar-refractivity contribution in [3.63, 3.8) is 0 Å². The van der Waals surface area contributed by atoms with Crippen molar-refractivity contribution in [3.05, 3.63) is 36.0 Å². The number of hydrogen-bond donors (Lipinski definition) is 2. The average Bonchev–Trinajstić information content (AvgIpc) is 2.69. The predicted molar refractivity (Wildman–Crippen MR) is 73.2 cm³/mol. The van der Waals surface area contributed by atoms with Crippen molar-refractivity contribution in [1.29, 1.82) is 0 Å². The first-order valence-corrected chi connectivity index (χ1v) is 6.10. The third-order valence-electron chi connectivity index (χ3n) is 2.95. The number of aromatic nitrogens is 1. The standard InChI is InChI=1S/C14H21N3/c1-11(10-17(2)3)15-8-12-9-16-14-7-5-4-6-13(12)14/h4-7,9,11,15-16H,8,10H2,1-3H3. The molecule has 17 heavy (non-hydrogen) atoms. The van der Waals surface area contributed by atoms with Crippen molar-refractivity contribution in [2.45, 2.75) is 19.5 Å². The maximum atomic E-state index is 3.55. The van der Waals surface area contributed by atoms with Crippen molar-refractivity contribution in [2.24, 2.45) is 0 Å². The van der Waals surface area contributed by atoms with Gasteiger partial charge < -0.3 is 15.2 Å². The van der Waals surface area contributed by atoms with E-state index in [1.807, 2.05) is 0 Å². The number of benzene rings is 1. The number of aromatic amines is 1. The normalized spacial score (nSPS) is 13.4. The van der Waals surface area contributed by atoms with Crippen LogP contribution in [0.2, 0.25) is 0 Å². The minimum Gasteiger partial charge on any atom is -0.361 e. The minimum atomic E-state index is 0.499. The van der Waals surface area contributed by atoms with Gasteiger partial charge in [0.05, 0.1) is 0 Å². The molecule has 1 atom stereocenters. The first kappa shape index (κ1) is 12.1. The zero-order valence-electron chi connectivity index (χ0n) is 10.8. The fourth-order valence-corrected chi connectivity index (χ4v) is 2.17. The second-order valence-corrected chi connectivity index (χ2v) is 4.90. The summed E-state index contributed by atoms with van der Waals surface area (Å²) in [5.74, 6) is 0. The molecule has 2 rings (SSSR count). The van der Waals surface area contributed by atoms with Gasteiger partial charge in [0.15, 0.2) is 0 Å². The van der Waals surface area contributed by atoms with Crippen LogP contribution in [0.15, 0.2) is 30.5 Å². The summed E-state index contributed by atoms with van der Waals surface area (Å²) in [6, 6.07) is 8.92. The largest absolute Gasteiger partial charge is 0.361 e. The molecule has 2 N–H and O–H groups in total. The maximum absolute atomic E-state index is 3.55. The Morgan fingerprint density at radius 2 is 2.06 bits per heavy atom. The van der Waals surface area contributed by atoms with Gasteiger partial charge in [-0.1, -0.05) is 18.2 Å². The Morgan fingerprint density at radius 1 is 1.29 bits per heavy atom. The van der Waals surface area contributed by atoms with Crippen LogP contribution in [0.4, 0.5) is 0 Å². The van der Waals surface area contributed by atoms with E-state index in [9.17, 15) is 0 Å². The molecule has 0 aliphatic carbocycles. The van der Waals surface area contributed by atoms with E-state index < -0.39 is 0 Å². The van der Waals surface area contributed by atoms with Crippen molar-refractivity contribution < 1.29 is 0 Å². The molecule has 0 bridgehead atoms. The Labute approximate surface area is 103 Å². The highest BCUT2D eigenvalue weighted by Gasteiger charge is 2.05. The molecule has 3 heteroatoms. The first-order chi connectivity index (χ1) is 8.16. The molecule has 0 spiro atoms. The number of H-pyrrole nitrogens is 1. The van der Waals surface area contributed by atoms with Crippen molar-refractivity contribution in [2.75, 3.05) is 20.6 Å². The van der Waals surface area contributed by atoms with Crippen molar-refractivity contribution in [1.82, 2.24) is 15.2 Å². The molecule has 3 nitrogen and oxygen atoms in total. The quantitative estimate of drug-likeness (QED) is 0.826. The predicted octanol–water partition coefficient (Wildman–Crippen LogP) is 2.21. The lowest BCUT2D eigenvalue weighted by molar-refractivity contribution is 0.349. The Bertz CT molecular complexity index is 473. The van der Waals surface area contributed by atoms with Crippen LogP contribution in [0.3, 0.4) is 0 Å². The van der Waals surface area contributed by atoms with Gasteiger partial charge in [-0.05, 0) is 32.6 Å². The molecule has 92 valence electrons. The van der Waals surface area contributed by atoms with E-state index in [4.69, 9.17) is 0 Å². The summed E-state index contributed by atoms with van der Waals surface area (Å²) >= 11 is 0. The maximum Gasteiger partial charge on any atom is 0.0457 e. The summed E-state index contributed by atoms with van der Waals surface area (Å²) in [6.07, 6.45) is 2.10. The van der Waals surface area contributed by atoms with Crippen molar-refractivity contribution >= 4 is 10.9 Å². The monoisotopic (exact) mass is 231 g/mol. The van der Waals surface area contributed by atoms with Gasteiger partial charge in [-0.2, -0.15) is 0 Å². The Kier molecular flexibility index (Phi) is 3.82. The molecule has 1 aromatic carbocycles. The van der Waals surface area contributed by atoms with E-state index in [1.54, 1.807) is 0 Å². The number of nitrogens with one attached hydrogen (secondary N) is 2. The van der Waals surface area contributed by atoms with Crippen molar-refractivity contribution in [3.8, 4) is 0 Å². The molecule has 0 aliphatic rings. The second-order valence-electron chi connectivity index (χ2n) is 4.90. The minimum absolute atomic E-state index is 0.499. The molecular formula is C14H21N3.